The summed E-state index contributed by atoms with van der Waals surface area (Å²) in [5.74, 6) is 0.771. The minimum absolute atomic E-state index is 0.168. The van der Waals surface area contributed by atoms with Crippen LogP contribution in [0.3, 0.4) is 0 Å². The highest BCUT2D eigenvalue weighted by molar-refractivity contribution is 7.13. The maximum atomic E-state index is 10.4. The third kappa shape index (κ3) is 2.91. The maximum absolute atomic E-state index is 10.4. The van der Waals surface area contributed by atoms with Crippen LogP contribution in [-0.2, 0) is 18.3 Å². The maximum Gasteiger partial charge on any atom is 0.303 e. The first-order valence-electron chi connectivity index (χ1n) is 5.32. The normalized spacial score (nSPS) is 10.6. The molecule has 0 atom stereocenters. The molecular formula is C11H13N3O2S. The number of hydrogen-bond donors (Lipinski definition) is 1. The van der Waals surface area contributed by atoms with Gasteiger partial charge >= 0.3 is 5.97 Å². The molecule has 2 heterocycles. The number of rotatable bonds is 5. The fourth-order valence-corrected chi connectivity index (χ4v) is 2.20. The van der Waals surface area contributed by atoms with Crippen LogP contribution in [0.2, 0.25) is 0 Å². The van der Waals surface area contributed by atoms with E-state index < -0.39 is 5.97 Å². The van der Waals surface area contributed by atoms with E-state index in [0.29, 0.717) is 18.7 Å². The fraction of sp³-hybridized carbons (Fsp3) is 0.364. The van der Waals surface area contributed by atoms with Gasteiger partial charge in [0.15, 0.2) is 5.82 Å². The van der Waals surface area contributed by atoms with E-state index in [1.54, 1.807) is 16.0 Å². The smallest absolute Gasteiger partial charge is 0.303 e. The van der Waals surface area contributed by atoms with Gasteiger partial charge in [0.1, 0.15) is 5.82 Å². The first kappa shape index (κ1) is 11.8. The molecule has 1 N–H and O–H groups in total. The molecule has 0 bridgehead atoms. The van der Waals surface area contributed by atoms with E-state index in [9.17, 15) is 4.79 Å². The minimum Gasteiger partial charge on any atom is -0.481 e. The molecule has 6 heteroatoms. The van der Waals surface area contributed by atoms with Gasteiger partial charge in [0.2, 0.25) is 0 Å². The predicted octanol–water partition coefficient (Wildman–Crippen LogP) is 1.95. The molecule has 0 aromatic carbocycles. The van der Waals surface area contributed by atoms with Crippen molar-refractivity contribution < 1.29 is 9.90 Å². The lowest BCUT2D eigenvalue weighted by Crippen LogP contribution is -2.02. The van der Waals surface area contributed by atoms with Crippen molar-refractivity contribution in [3.8, 4) is 10.7 Å². The summed E-state index contributed by atoms with van der Waals surface area (Å²) < 4.78 is 1.72. The summed E-state index contributed by atoms with van der Waals surface area (Å²) in [4.78, 5) is 15.9. The Kier molecular flexibility index (Phi) is 3.53. The van der Waals surface area contributed by atoms with Gasteiger partial charge in [-0.05, 0) is 17.9 Å². The highest BCUT2D eigenvalue weighted by atomic mass is 32.1. The molecule has 0 amide bonds. The molecule has 0 aliphatic rings. The number of nitrogens with zero attached hydrogens (tertiary/aromatic N) is 3. The summed E-state index contributed by atoms with van der Waals surface area (Å²) >= 11 is 1.59. The van der Waals surface area contributed by atoms with Crippen molar-refractivity contribution in [3.63, 3.8) is 0 Å². The molecule has 2 aromatic rings. The van der Waals surface area contributed by atoms with Crippen LogP contribution in [0, 0.1) is 0 Å². The second kappa shape index (κ2) is 5.09. The van der Waals surface area contributed by atoms with E-state index in [0.717, 1.165) is 10.7 Å². The Hall–Kier alpha value is -1.69. The predicted molar refractivity (Wildman–Crippen MR) is 64.9 cm³/mol. The van der Waals surface area contributed by atoms with Gasteiger partial charge in [-0.2, -0.15) is 5.10 Å². The minimum atomic E-state index is -0.773. The molecule has 0 saturated carbocycles. The van der Waals surface area contributed by atoms with Crippen LogP contribution in [0.1, 0.15) is 18.7 Å². The lowest BCUT2D eigenvalue weighted by Gasteiger charge is -1.96. The van der Waals surface area contributed by atoms with Crippen molar-refractivity contribution >= 4 is 17.3 Å². The van der Waals surface area contributed by atoms with Crippen molar-refractivity contribution in [2.45, 2.75) is 19.3 Å². The molecule has 2 rings (SSSR count). The molecule has 0 aliphatic heterocycles. The van der Waals surface area contributed by atoms with Gasteiger partial charge in [-0.15, -0.1) is 11.3 Å². The van der Waals surface area contributed by atoms with Gasteiger partial charge in [0.05, 0.1) is 4.88 Å². The Balaban J connectivity index is 2.06. The first-order valence-corrected chi connectivity index (χ1v) is 6.20. The zero-order valence-electron chi connectivity index (χ0n) is 9.46. The molecule has 0 aliphatic carbocycles. The summed E-state index contributed by atoms with van der Waals surface area (Å²) in [6.45, 7) is 0. The number of carboxylic acid groups (broad SMARTS) is 1. The van der Waals surface area contributed by atoms with Gasteiger partial charge in [0, 0.05) is 19.9 Å². The van der Waals surface area contributed by atoms with Gasteiger partial charge in [-0.25, -0.2) is 4.98 Å². The topological polar surface area (TPSA) is 68.0 Å². The lowest BCUT2D eigenvalue weighted by molar-refractivity contribution is -0.137. The molecule has 0 fully saturated rings. The summed E-state index contributed by atoms with van der Waals surface area (Å²) in [5, 5.41) is 14.9. The summed E-state index contributed by atoms with van der Waals surface area (Å²) in [6, 6.07) is 3.93. The highest BCUT2D eigenvalue weighted by Crippen LogP contribution is 2.21. The van der Waals surface area contributed by atoms with Crippen LogP contribution in [-0.4, -0.2) is 25.8 Å². The molecule has 0 spiro atoms. The molecule has 5 nitrogen and oxygen atoms in total. The number of carbonyl (C=O) groups is 1. The average Bonchev–Trinajstić information content (AvgIpc) is 2.87. The number of carboxylic acids is 1. The van der Waals surface area contributed by atoms with E-state index in [-0.39, 0.29) is 6.42 Å². The number of aromatic nitrogens is 3. The van der Waals surface area contributed by atoms with Crippen LogP contribution in [0.15, 0.2) is 17.5 Å². The van der Waals surface area contributed by atoms with Crippen LogP contribution in [0.25, 0.3) is 10.7 Å². The van der Waals surface area contributed by atoms with E-state index in [1.807, 2.05) is 24.6 Å². The lowest BCUT2D eigenvalue weighted by atomic mass is 10.2. The summed E-state index contributed by atoms with van der Waals surface area (Å²) in [5.41, 5.74) is 0. The quantitative estimate of drug-likeness (QED) is 0.882. The van der Waals surface area contributed by atoms with Crippen LogP contribution in [0.4, 0.5) is 0 Å². The zero-order valence-corrected chi connectivity index (χ0v) is 10.3. The molecule has 0 unspecified atom stereocenters. The fourth-order valence-electron chi connectivity index (χ4n) is 1.54. The molecular weight excluding hydrogens is 238 g/mol. The van der Waals surface area contributed by atoms with Crippen LogP contribution >= 0.6 is 11.3 Å². The number of hydrogen-bond acceptors (Lipinski definition) is 4. The van der Waals surface area contributed by atoms with Gasteiger partial charge in [-0.3, -0.25) is 9.48 Å². The largest absolute Gasteiger partial charge is 0.481 e. The molecule has 0 radical (unpaired) electrons. The Morgan fingerprint density at radius 2 is 2.41 bits per heavy atom. The van der Waals surface area contributed by atoms with Gasteiger partial charge < -0.3 is 5.11 Å². The number of thiophene rings is 1. The average molecular weight is 251 g/mol. The molecule has 0 saturated heterocycles. The van der Waals surface area contributed by atoms with Crippen molar-refractivity contribution in [1.29, 1.82) is 0 Å². The second-order valence-corrected chi connectivity index (χ2v) is 4.65. The van der Waals surface area contributed by atoms with Crippen molar-refractivity contribution in [1.82, 2.24) is 14.8 Å². The van der Waals surface area contributed by atoms with Crippen molar-refractivity contribution in [2.24, 2.45) is 7.05 Å². The van der Waals surface area contributed by atoms with E-state index >= 15 is 0 Å². The van der Waals surface area contributed by atoms with E-state index in [1.165, 1.54) is 0 Å². The van der Waals surface area contributed by atoms with Crippen LogP contribution < -0.4 is 0 Å². The molecule has 17 heavy (non-hydrogen) atoms. The van der Waals surface area contributed by atoms with Crippen molar-refractivity contribution in [2.75, 3.05) is 0 Å². The molecule has 2 aromatic heterocycles. The zero-order chi connectivity index (χ0) is 12.3. The Bertz CT molecular complexity index is 505. The van der Waals surface area contributed by atoms with Crippen molar-refractivity contribution in [3.05, 3.63) is 23.3 Å². The van der Waals surface area contributed by atoms with Gasteiger partial charge in [-0.1, -0.05) is 6.07 Å². The summed E-state index contributed by atoms with van der Waals surface area (Å²) in [6.07, 6.45) is 1.40. The number of aryl methyl sites for hydroxylation is 2. The molecule has 90 valence electrons. The third-order valence-electron chi connectivity index (χ3n) is 2.39. The second-order valence-electron chi connectivity index (χ2n) is 3.70. The van der Waals surface area contributed by atoms with Crippen LogP contribution in [0.5, 0.6) is 0 Å². The van der Waals surface area contributed by atoms with E-state index in [2.05, 4.69) is 10.1 Å². The SMILES string of the molecule is Cn1nc(-c2cccs2)nc1CCCC(=O)O. The standard InChI is InChI=1S/C11H13N3O2S/c1-14-9(5-2-6-10(15)16)12-11(13-14)8-4-3-7-17-8/h3-4,7H,2,5-6H2,1H3,(H,15,16). The first-order chi connectivity index (χ1) is 8.16. The summed E-state index contributed by atoms with van der Waals surface area (Å²) in [7, 11) is 1.83. The Labute approximate surface area is 103 Å². The third-order valence-corrected chi connectivity index (χ3v) is 3.25. The highest BCUT2D eigenvalue weighted by Gasteiger charge is 2.10. The van der Waals surface area contributed by atoms with E-state index in [4.69, 9.17) is 5.11 Å². The Morgan fingerprint density at radius 3 is 3.06 bits per heavy atom. The van der Waals surface area contributed by atoms with Gasteiger partial charge in [0.25, 0.3) is 0 Å². The monoisotopic (exact) mass is 251 g/mol. The number of aliphatic carboxylic acids is 1. The Morgan fingerprint density at radius 1 is 1.59 bits per heavy atom.